The molecule has 0 aromatic carbocycles. The predicted molar refractivity (Wildman–Crippen MR) is 105 cm³/mol. The van der Waals surface area contributed by atoms with Crippen molar-refractivity contribution in [3.63, 3.8) is 0 Å². The van der Waals surface area contributed by atoms with E-state index in [9.17, 15) is 0 Å². The topological polar surface area (TPSA) is 71.5 Å². The molecule has 7 heteroatoms. The second-order valence-electron chi connectivity index (χ2n) is 8.27. The molecule has 0 aliphatic carbocycles. The summed E-state index contributed by atoms with van der Waals surface area (Å²) >= 11 is 0. The van der Waals surface area contributed by atoms with E-state index in [1.807, 2.05) is 22.7 Å². The van der Waals surface area contributed by atoms with Crippen molar-refractivity contribution in [2.75, 3.05) is 25.0 Å². The summed E-state index contributed by atoms with van der Waals surface area (Å²) in [6.45, 7) is 9.33. The van der Waals surface area contributed by atoms with Crippen LogP contribution in [0.15, 0.2) is 34.9 Å². The number of fused-ring (bicyclic) bond motifs is 1. The SMILES string of the molecule is CC(C)(C)c1nnc2ccc(NCC(c3ccco3)N3CCCCC3)nn12. The van der Waals surface area contributed by atoms with Crippen LogP contribution in [0.1, 0.15) is 57.7 Å². The highest BCUT2D eigenvalue weighted by Crippen LogP contribution is 2.26. The lowest BCUT2D eigenvalue weighted by molar-refractivity contribution is 0.152. The highest BCUT2D eigenvalue weighted by Gasteiger charge is 2.25. The smallest absolute Gasteiger partial charge is 0.178 e. The van der Waals surface area contributed by atoms with Crippen LogP contribution in [0.3, 0.4) is 0 Å². The van der Waals surface area contributed by atoms with Gasteiger partial charge in [-0.15, -0.1) is 15.3 Å². The van der Waals surface area contributed by atoms with Crippen LogP contribution in [-0.4, -0.2) is 44.3 Å². The number of furan rings is 1. The van der Waals surface area contributed by atoms with E-state index in [2.05, 4.69) is 47.3 Å². The van der Waals surface area contributed by atoms with Gasteiger partial charge in [-0.2, -0.15) is 4.52 Å². The Hall–Kier alpha value is -2.41. The van der Waals surface area contributed by atoms with Gasteiger partial charge in [-0.25, -0.2) is 0 Å². The van der Waals surface area contributed by atoms with Gasteiger partial charge in [0, 0.05) is 12.0 Å². The average molecular weight is 368 g/mol. The van der Waals surface area contributed by atoms with Crippen molar-refractivity contribution < 1.29 is 4.42 Å². The number of aromatic nitrogens is 4. The molecule has 1 N–H and O–H groups in total. The lowest BCUT2D eigenvalue weighted by Gasteiger charge is -2.33. The van der Waals surface area contributed by atoms with Gasteiger partial charge in [-0.05, 0) is 50.2 Å². The monoisotopic (exact) mass is 368 g/mol. The molecule has 0 radical (unpaired) electrons. The average Bonchev–Trinajstić information content (AvgIpc) is 3.32. The summed E-state index contributed by atoms with van der Waals surface area (Å²) in [6, 6.07) is 8.16. The molecule has 1 fully saturated rings. The molecule has 1 saturated heterocycles. The van der Waals surface area contributed by atoms with Crippen LogP contribution in [0.4, 0.5) is 5.82 Å². The standard InChI is InChI=1S/C20H28N6O/c1-20(2,3)19-23-22-18-10-9-17(24-26(18)19)21-14-15(16-8-7-13-27-16)25-11-5-4-6-12-25/h7-10,13,15H,4-6,11-12,14H2,1-3H3,(H,21,24). The Labute approximate surface area is 159 Å². The van der Waals surface area contributed by atoms with E-state index in [0.29, 0.717) is 0 Å². The molecule has 4 heterocycles. The van der Waals surface area contributed by atoms with Gasteiger partial charge in [0.2, 0.25) is 0 Å². The Morgan fingerprint density at radius 1 is 1.11 bits per heavy atom. The molecule has 1 atom stereocenters. The molecule has 144 valence electrons. The number of nitrogens with one attached hydrogen (secondary N) is 1. The molecular formula is C20H28N6O. The fraction of sp³-hybridized carbons (Fsp3) is 0.550. The lowest BCUT2D eigenvalue weighted by atomic mass is 9.96. The highest BCUT2D eigenvalue weighted by atomic mass is 16.3. The summed E-state index contributed by atoms with van der Waals surface area (Å²) in [5.74, 6) is 2.69. The quantitative estimate of drug-likeness (QED) is 0.741. The first kappa shape index (κ1) is 18.0. The van der Waals surface area contributed by atoms with E-state index in [4.69, 9.17) is 9.52 Å². The maximum Gasteiger partial charge on any atom is 0.178 e. The van der Waals surface area contributed by atoms with E-state index in [1.54, 1.807) is 6.26 Å². The fourth-order valence-corrected chi connectivity index (χ4v) is 3.67. The zero-order valence-corrected chi connectivity index (χ0v) is 16.4. The lowest BCUT2D eigenvalue weighted by Crippen LogP contribution is -2.37. The molecule has 0 saturated carbocycles. The Kier molecular flexibility index (Phi) is 4.86. The predicted octanol–water partition coefficient (Wildman–Crippen LogP) is 3.65. The Bertz CT molecular complexity index is 874. The maximum atomic E-state index is 5.73. The first-order valence-corrected chi connectivity index (χ1v) is 9.77. The number of anilines is 1. The summed E-state index contributed by atoms with van der Waals surface area (Å²) in [6.07, 6.45) is 5.56. The van der Waals surface area contributed by atoms with Crippen molar-refractivity contribution in [2.24, 2.45) is 0 Å². The van der Waals surface area contributed by atoms with Crippen LogP contribution in [0, 0.1) is 0 Å². The van der Waals surface area contributed by atoms with Gasteiger partial charge >= 0.3 is 0 Å². The first-order valence-electron chi connectivity index (χ1n) is 9.77. The van der Waals surface area contributed by atoms with Gasteiger partial charge in [0.1, 0.15) is 11.6 Å². The molecule has 1 aliphatic heterocycles. The third-order valence-electron chi connectivity index (χ3n) is 5.11. The molecule has 1 unspecified atom stereocenters. The van der Waals surface area contributed by atoms with Gasteiger partial charge in [0.25, 0.3) is 0 Å². The minimum atomic E-state index is -0.116. The van der Waals surface area contributed by atoms with Crippen molar-refractivity contribution >= 4 is 11.5 Å². The largest absolute Gasteiger partial charge is 0.468 e. The van der Waals surface area contributed by atoms with E-state index in [-0.39, 0.29) is 11.5 Å². The van der Waals surface area contributed by atoms with Crippen molar-refractivity contribution in [1.29, 1.82) is 0 Å². The van der Waals surface area contributed by atoms with E-state index < -0.39 is 0 Å². The van der Waals surface area contributed by atoms with Crippen LogP contribution >= 0.6 is 0 Å². The van der Waals surface area contributed by atoms with E-state index in [1.165, 1.54) is 19.3 Å². The minimum Gasteiger partial charge on any atom is -0.468 e. The number of piperidine rings is 1. The molecule has 27 heavy (non-hydrogen) atoms. The van der Waals surface area contributed by atoms with Gasteiger partial charge in [-0.3, -0.25) is 4.90 Å². The van der Waals surface area contributed by atoms with E-state index in [0.717, 1.165) is 42.7 Å². The summed E-state index contributed by atoms with van der Waals surface area (Å²) in [5, 5.41) is 16.8. The second kappa shape index (κ2) is 7.31. The third kappa shape index (κ3) is 3.83. The van der Waals surface area contributed by atoms with Gasteiger partial charge in [-0.1, -0.05) is 27.2 Å². The summed E-state index contributed by atoms with van der Waals surface area (Å²) in [5.41, 5.74) is 0.652. The third-order valence-corrected chi connectivity index (χ3v) is 5.11. The molecule has 0 amide bonds. The molecular weight excluding hydrogens is 340 g/mol. The number of hydrogen-bond donors (Lipinski definition) is 1. The Morgan fingerprint density at radius 2 is 1.93 bits per heavy atom. The molecule has 0 spiro atoms. The van der Waals surface area contributed by atoms with Gasteiger partial charge in [0.05, 0.1) is 12.3 Å². The number of likely N-dealkylation sites (tertiary alicyclic amines) is 1. The Balaban J connectivity index is 1.55. The second-order valence-corrected chi connectivity index (χ2v) is 8.27. The normalized spacial score (nSPS) is 17.3. The zero-order chi connectivity index (χ0) is 18.9. The summed E-state index contributed by atoms with van der Waals surface area (Å²) in [7, 11) is 0. The van der Waals surface area contributed by atoms with E-state index >= 15 is 0 Å². The molecule has 3 aromatic rings. The number of rotatable bonds is 5. The van der Waals surface area contributed by atoms with Crippen molar-refractivity contribution in [2.45, 2.75) is 51.5 Å². The molecule has 0 bridgehead atoms. The van der Waals surface area contributed by atoms with Crippen LogP contribution in [-0.2, 0) is 5.41 Å². The fourth-order valence-electron chi connectivity index (χ4n) is 3.67. The minimum absolute atomic E-state index is 0.116. The first-order chi connectivity index (χ1) is 13.0. The van der Waals surface area contributed by atoms with Gasteiger partial charge in [0.15, 0.2) is 11.5 Å². The van der Waals surface area contributed by atoms with Crippen LogP contribution in [0.25, 0.3) is 5.65 Å². The van der Waals surface area contributed by atoms with Crippen molar-refractivity contribution in [3.8, 4) is 0 Å². The van der Waals surface area contributed by atoms with Crippen LogP contribution in [0.2, 0.25) is 0 Å². The van der Waals surface area contributed by atoms with Crippen LogP contribution in [0.5, 0.6) is 0 Å². The summed E-state index contributed by atoms with van der Waals surface area (Å²) < 4.78 is 7.57. The maximum absolute atomic E-state index is 5.73. The van der Waals surface area contributed by atoms with Gasteiger partial charge < -0.3 is 9.73 Å². The highest BCUT2D eigenvalue weighted by molar-refractivity contribution is 5.44. The molecule has 3 aromatic heterocycles. The number of hydrogen-bond acceptors (Lipinski definition) is 6. The molecule has 4 rings (SSSR count). The van der Waals surface area contributed by atoms with Crippen molar-refractivity contribution in [1.82, 2.24) is 24.7 Å². The molecule has 7 nitrogen and oxygen atoms in total. The Morgan fingerprint density at radius 3 is 2.63 bits per heavy atom. The zero-order valence-electron chi connectivity index (χ0n) is 16.4. The number of nitrogens with zero attached hydrogens (tertiary/aromatic N) is 5. The van der Waals surface area contributed by atoms with Crippen molar-refractivity contribution in [3.05, 3.63) is 42.1 Å². The summed E-state index contributed by atoms with van der Waals surface area (Å²) in [4.78, 5) is 2.51. The van der Waals surface area contributed by atoms with Crippen LogP contribution < -0.4 is 5.32 Å². The molecule has 1 aliphatic rings.